The fourth-order valence-corrected chi connectivity index (χ4v) is 3.69. The minimum absolute atomic E-state index is 0.756. The highest BCUT2D eigenvalue weighted by Crippen LogP contribution is 2.23. The maximum absolute atomic E-state index is 4.19. The fourth-order valence-electron chi connectivity index (χ4n) is 2.45. The van der Waals surface area contributed by atoms with Crippen molar-refractivity contribution in [1.29, 1.82) is 0 Å². The number of hydrogen-bond acceptors (Lipinski definition) is 5. The molecule has 0 aromatic carbocycles. The minimum atomic E-state index is 0.756. The van der Waals surface area contributed by atoms with E-state index in [0.717, 1.165) is 29.7 Å². The first-order valence-corrected chi connectivity index (χ1v) is 9.24. The second-order valence-electron chi connectivity index (χ2n) is 5.46. The van der Waals surface area contributed by atoms with Gasteiger partial charge in [-0.2, -0.15) is 22.0 Å². The van der Waals surface area contributed by atoms with Crippen molar-refractivity contribution >= 4 is 11.8 Å². The lowest BCUT2D eigenvalue weighted by Crippen LogP contribution is -2.06. The predicted molar refractivity (Wildman–Crippen MR) is 89.8 cm³/mol. The Bertz CT molecular complexity index is 470. The molecule has 0 bridgehead atoms. The molecule has 0 aliphatic carbocycles. The minimum Gasteiger partial charge on any atom is -0.266 e. The van der Waals surface area contributed by atoms with E-state index >= 15 is 0 Å². The van der Waals surface area contributed by atoms with Gasteiger partial charge in [-0.1, -0.05) is 13.3 Å². The van der Waals surface area contributed by atoms with Crippen molar-refractivity contribution in [1.82, 2.24) is 30.4 Å². The topological polar surface area (TPSA) is 83.1 Å². The van der Waals surface area contributed by atoms with E-state index in [2.05, 4.69) is 49.0 Å². The van der Waals surface area contributed by atoms with Crippen LogP contribution in [0.15, 0.2) is 12.7 Å². The van der Waals surface area contributed by atoms with E-state index in [0.29, 0.717) is 0 Å². The molecular weight excluding hydrogens is 296 g/mol. The molecule has 1 atom stereocenters. The van der Waals surface area contributed by atoms with Crippen molar-refractivity contribution in [3.63, 3.8) is 0 Å². The zero-order valence-corrected chi connectivity index (χ0v) is 14.1. The molecular formula is C15H26N6S. The molecule has 0 radical (unpaired) electrons. The van der Waals surface area contributed by atoms with Crippen LogP contribution in [0.4, 0.5) is 0 Å². The Labute approximate surface area is 136 Å². The van der Waals surface area contributed by atoms with Gasteiger partial charge in [0.25, 0.3) is 0 Å². The Morgan fingerprint density at radius 3 is 2.18 bits per heavy atom. The van der Waals surface area contributed by atoms with Crippen LogP contribution in [0.5, 0.6) is 0 Å². The Balaban J connectivity index is 1.61. The molecule has 2 heterocycles. The van der Waals surface area contributed by atoms with E-state index < -0.39 is 0 Å². The van der Waals surface area contributed by atoms with Gasteiger partial charge in [-0.05, 0) is 37.9 Å². The van der Waals surface area contributed by atoms with Gasteiger partial charge in [-0.25, -0.2) is 9.97 Å². The van der Waals surface area contributed by atoms with Gasteiger partial charge < -0.3 is 0 Å². The van der Waals surface area contributed by atoms with Crippen LogP contribution in [0.1, 0.15) is 57.1 Å². The first-order valence-electron chi connectivity index (χ1n) is 8.19. The van der Waals surface area contributed by atoms with E-state index in [4.69, 9.17) is 0 Å². The number of H-pyrrole nitrogens is 2. The first-order chi connectivity index (χ1) is 10.9. The number of hydrogen-bond donors (Lipinski definition) is 2. The van der Waals surface area contributed by atoms with Gasteiger partial charge >= 0.3 is 0 Å². The fraction of sp³-hybridized carbons (Fsp3) is 0.733. The Morgan fingerprint density at radius 1 is 0.955 bits per heavy atom. The van der Waals surface area contributed by atoms with E-state index in [1.807, 2.05) is 0 Å². The number of aromatic nitrogens is 6. The van der Waals surface area contributed by atoms with Gasteiger partial charge in [0, 0.05) is 18.1 Å². The van der Waals surface area contributed by atoms with Crippen molar-refractivity contribution in [2.24, 2.45) is 0 Å². The summed E-state index contributed by atoms with van der Waals surface area (Å²) in [7, 11) is 0. The Morgan fingerprint density at radius 2 is 1.59 bits per heavy atom. The second-order valence-corrected chi connectivity index (χ2v) is 6.87. The Hall–Kier alpha value is -1.37. The van der Waals surface area contributed by atoms with E-state index in [9.17, 15) is 0 Å². The Kier molecular flexibility index (Phi) is 8.01. The van der Waals surface area contributed by atoms with Gasteiger partial charge in [0.05, 0.1) is 0 Å². The van der Waals surface area contributed by atoms with E-state index in [-0.39, 0.29) is 0 Å². The summed E-state index contributed by atoms with van der Waals surface area (Å²) in [5.41, 5.74) is 0. The lowest BCUT2D eigenvalue weighted by molar-refractivity contribution is 0.596. The lowest BCUT2D eigenvalue weighted by atomic mass is 10.1. The standard InChI is InChI=1S/C15H26N6S/c1-2-10-22-13(7-5-9-15-17-12-19-21-15)6-3-4-8-14-16-11-18-20-14/h11-13H,2-10H2,1H3,(H,16,18,20)(H,17,19,21). The summed E-state index contributed by atoms with van der Waals surface area (Å²) in [5.74, 6) is 3.12. The van der Waals surface area contributed by atoms with Crippen LogP contribution in [0.2, 0.25) is 0 Å². The first kappa shape index (κ1) is 17.0. The third kappa shape index (κ3) is 6.60. The van der Waals surface area contributed by atoms with Crippen molar-refractivity contribution in [2.45, 2.75) is 63.5 Å². The summed E-state index contributed by atoms with van der Waals surface area (Å²) < 4.78 is 0. The molecule has 0 aliphatic heterocycles. The number of aromatic amines is 2. The molecule has 0 fully saturated rings. The van der Waals surface area contributed by atoms with Crippen molar-refractivity contribution < 1.29 is 0 Å². The second kappa shape index (κ2) is 10.4. The lowest BCUT2D eigenvalue weighted by Gasteiger charge is -2.15. The summed E-state index contributed by atoms with van der Waals surface area (Å²) >= 11 is 2.12. The van der Waals surface area contributed by atoms with Crippen molar-refractivity contribution in [3.8, 4) is 0 Å². The maximum Gasteiger partial charge on any atom is 0.150 e. The average Bonchev–Trinajstić information content (AvgIpc) is 3.21. The summed E-state index contributed by atoms with van der Waals surface area (Å²) in [5, 5.41) is 14.5. The van der Waals surface area contributed by atoms with Crippen LogP contribution in [-0.2, 0) is 12.8 Å². The molecule has 2 rings (SSSR count). The number of aryl methyl sites for hydroxylation is 2. The summed E-state index contributed by atoms with van der Waals surface area (Å²) in [4.78, 5) is 8.36. The SMILES string of the molecule is CCCSC(CCCCc1nc[nH]n1)CCCc1nc[nH]n1. The summed E-state index contributed by atoms with van der Waals surface area (Å²) in [6.07, 6.45) is 12.6. The normalized spacial score (nSPS) is 12.6. The molecule has 0 aliphatic rings. The van der Waals surface area contributed by atoms with E-state index in [1.165, 1.54) is 44.3 Å². The third-order valence-electron chi connectivity index (χ3n) is 3.59. The highest BCUT2D eigenvalue weighted by molar-refractivity contribution is 7.99. The molecule has 0 spiro atoms. The molecule has 0 saturated carbocycles. The number of nitrogens with one attached hydrogen (secondary N) is 2. The number of rotatable bonds is 12. The summed E-state index contributed by atoms with van der Waals surface area (Å²) in [6, 6.07) is 0. The molecule has 2 aromatic heterocycles. The van der Waals surface area contributed by atoms with Crippen LogP contribution >= 0.6 is 11.8 Å². The molecule has 0 saturated heterocycles. The van der Waals surface area contributed by atoms with Gasteiger partial charge in [-0.3, -0.25) is 10.2 Å². The summed E-state index contributed by atoms with van der Waals surface area (Å²) in [6.45, 7) is 2.25. The predicted octanol–water partition coefficient (Wildman–Crippen LogP) is 3.17. The molecule has 122 valence electrons. The number of thioether (sulfide) groups is 1. The van der Waals surface area contributed by atoms with Gasteiger partial charge in [0.15, 0.2) is 0 Å². The average molecular weight is 322 g/mol. The zero-order chi connectivity index (χ0) is 15.5. The van der Waals surface area contributed by atoms with Crippen LogP contribution in [0.25, 0.3) is 0 Å². The molecule has 6 nitrogen and oxygen atoms in total. The third-order valence-corrected chi connectivity index (χ3v) is 5.18. The molecule has 2 aromatic rings. The van der Waals surface area contributed by atoms with Crippen LogP contribution in [0, 0.1) is 0 Å². The van der Waals surface area contributed by atoms with Gasteiger partial charge in [-0.15, -0.1) is 0 Å². The molecule has 22 heavy (non-hydrogen) atoms. The molecule has 7 heteroatoms. The highest BCUT2D eigenvalue weighted by Gasteiger charge is 2.10. The van der Waals surface area contributed by atoms with Crippen LogP contribution < -0.4 is 0 Å². The quantitative estimate of drug-likeness (QED) is 0.586. The maximum atomic E-state index is 4.19. The molecule has 1 unspecified atom stereocenters. The monoisotopic (exact) mass is 322 g/mol. The molecule has 2 N–H and O–H groups in total. The van der Waals surface area contributed by atoms with Crippen LogP contribution in [0.3, 0.4) is 0 Å². The van der Waals surface area contributed by atoms with Crippen molar-refractivity contribution in [3.05, 3.63) is 24.3 Å². The van der Waals surface area contributed by atoms with Gasteiger partial charge in [0.1, 0.15) is 24.3 Å². The number of unbranched alkanes of at least 4 members (excludes halogenated alkanes) is 1. The zero-order valence-electron chi connectivity index (χ0n) is 13.3. The highest BCUT2D eigenvalue weighted by atomic mass is 32.2. The van der Waals surface area contributed by atoms with Crippen LogP contribution in [-0.4, -0.2) is 41.4 Å². The smallest absolute Gasteiger partial charge is 0.150 e. The largest absolute Gasteiger partial charge is 0.266 e. The van der Waals surface area contributed by atoms with E-state index in [1.54, 1.807) is 12.7 Å². The van der Waals surface area contributed by atoms with Crippen molar-refractivity contribution in [2.75, 3.05) is 5.75 Å². The number of nitrogens with zero attached hydrogens (tertiary/aromatic N) is 4. The van der Waals surface area contributed by atoms with Gasteiger partial charge in [0.2, 0.25) is 0 Å². The molecule has 0 amide bonds.